The molecule has 3 heteroatoms. The molecule has 0 aliphatic heterocycles. The van der Waals surface area contributed by atoms with E-state index in [1.165, 1.54) is 0 Å². The molecule has 0 spiro atoms. The molecule has 1 heterocycles. The molecule has 0 atom stereocenters. The van der Waals surface area contributed by atoms with E-state index in [0.717, 1.165) is 5.56 Å². The van der Waals surface area contributed by atoms with Gasteiger partial charge in [0.2, 0.25) is 0 Å². The van der Waals surface area contributed by atoms with Gasteiger partial charge in [0.15, 0.2) is 0 Å². The zero-order valence-electron chi connectivity index (χ0n) is 7.38. The van der Waals surface area contributed by atoms with Crippen LogP contribution in [0.5, 0.6) is 0 Å². The van der Waals surface area contributed by atoms with Gasteiger partial charge in [0.05, 0.1) is 4.47 Å². The van der Waals surface area contributed by atoms with Crippen molar-refractivity contribution in [2.75, 3.05) is 0 Å². The molecule has 0 N–H and O–H groups in total. The Hall–Kier alpha value is -1.01. The fourth-order valence-corrected chi connectivity index (χ4v) is 1.68. The fourth-order valence-electron chi connectivity index (χ4n) is 1.09. The van der Waals surface area contributed by atoms with Crippen LogP contribution in [0.1, 0.15) is 12.0 Å². The average molecular weight is 240 g/mol. The van der Waals surface area contributed by atoms with Crippen molar-refractivity contribution in [3.8, 4) is 12.3 Å². The van der Waals surface area contributed by atoms with Gasteiger partial charge in [-0.15, -0.1) is 12.3 Å². The Bertz CT molecular complexity index is 400. The summed E-state index contributed by atoms with van der Waals surface area (Å²) in [4.78, 5) is 11.5. The first kappa shape index (κ1) is 10.1. The fraction of sp³-hybridized carbons (Fsp3) is 0.300. The van der Waals surface area contributed by atoms with Gasteiger partial charge in [0, 0.05) is 19.2 Å². The Kier molecular flexibility index (Phi) is 3.32. The van der Waals surface area contributed by atoms with Gasteiger partial charge in [0.25, 0.3) is 5.56 Å². The lowest BCUT2D eigenvalue weighted by molar-refractivity contribution is 0.683. The van der Waals surface area contributed by atoms with E-state index in [9.17, 15) is 4.79 Å². The first-order chi connectivity index (χ1) is 6.15. The van der Waals surface area contributed by atoms with E-state index in [4.69, 9.17) is 6.42 Å². The minimum atomic E-state index is -0.0270. The monoisotopic (exact) mass is 239 g/mol. The second-order valence-corrected chi connectivity index (χ2v) is 3.67. The smallest absolute Gasteiger partial charge is 0.264 e. The molecule has 13 heavy (non-hydrogen) atoms. The summed E-state index contributed by atoms with van der Waals surface area (Å²) in [6, 6.07) is 1.80. The van der Waals surface area contributed by atoms with Crippen molar-refractivity contribution in [1.29, 1.82) is 0 Å². The van der Waals surface area contributed by atoms with Crippen molar-refractivity contribution in [2.24, 2.45) is 0 Å². The summed E-state index contributed by atoms with van der Waals surface area (Å²) in [5.74, 6) is 2.51. The Morgan fingerprint density at radius 3 is 3.00 bits per heavy atom. The van der Waals surface area contributed by atoms with E-state index in [-0.39, 0.29) is 5.56 Å². The maximum Gasteiger partial charge on any atom is 0.264 e. The zero-order chi connectivity index (χ0) is 9.84. The van der Waals surface area contributed by atoms with Crippen LogP contribution in [0.3, 0.4) is 0 Å². The van der Waals surface area contributed by atoms with Gasteiger partial charge in [-0.2, -0.15) is 0 Å². The molecule has 0 fully saturated rings. The molecule has 0 unspecified atom stereocenters. The number of rotatable bonds is 2. The standard InChI is InChI=1S/C10H10BrNO/c1-3-4-5-12-7-8(2)6-9(11)10(12)13/h1,6-7H,4-5H2,2H3. The largest absolute Gasteiger partial charge is 0.313 e. The maximum absolute atomic E-state index is 11.5. The Balaban J connectivity index is 3.07. The van der Waals surface area contributed by atoms with E-state index in [0.29, 0.717) is 17.4 Å². The molecule has 0 aromatic carbocycles. The Labute approximate surface area is 85.7 Å². The van der Waals surface area contributed by atoms with Crippen molar-refractivity contribution >= 4 is 15.9 Å². The SMILES string of the molecule is C#CCCn1cc(C)cc(Br)c1=O. The number of halogens is 1. The summed E-state index contributed by atoms with van der Waals surface area (Å²) in [5, 5.41) is 0. The third-order valence-corrected chi connectivity index (χ3v) is 2.24. The second-order valence-electron chi connectivity index (χ2n) is 2.82. The number of hydrogen-bond acceptors (Lipinski definition) is 1. The number of terminal acetylenes is 1. The van der Waals surface area contributed by atoms with E-state index < -0.39 is 0 Å². The third-order valence-electron chi connectivity index (χ3n) is 1.68. The van der Waals surface area contributed by atoms with Gasteiger partial charge in [-0.3, -0.25) is 4.79 Å². The highest BCUT2D eigenvalue weighted by atomic mass is 79.9. The van der Waals surface area contributed by atoms with Crippen molar-refractivity contribution in [1.82, 2.24) is 4.57 Å². The van der Waals surface area contributed by atoms with Gasteiger partial charge in [0.1, 0.15) is 0 Å². The topological polar surface area (TPSA) is 22.0 Å². The van der Waals surface area contributed by atoms with E-state index in [1.807, 2.05) is 13.1 Å². The predicted molar refractivity (Wildman–Crippen MR) is 56.6 cm³/mol. The minimum absolute atomic E-state index is 0.0270. The molecule has 0 bridgehead atoms. The first-order valence-electron chi connectivity index (χ1n) is 3.95. The molecule has 0 aliphatic carbocycles. The molecule has 1 rings (SSSR count). The Morgan fingerprint density at radius 1 is 1.69 bits per heavy atom. The highest BCUT2D eigenvalue weighted by Crippen LogP contribution is 2.05. The van der Waals surface area contributed by atoms with Crippen LogP contribution in [-0.4, -0.2) is 4.57 Å². The molecule has 0 saturated heterocycles. The van der Waals surface area contributed by atoms with E-state index in [2.05, 4.69) is 21.9 Å². The molecule has 2 nitrogen and oxygen atoms in total. The van der Waals surface area contributed by atoms with Gasteiger partial charge in [-0.1, -0.05) is 0 Å². The zero-order valence-corrected chi connectivity index (χ0v) is 8.97. The second kappa shape index (κ2) is 4.29. The molecule has 0 saturated carbocycles. The molecule has 0 radical (unpaired) electrons. The summed E-state index contributed by atoms with van der Waals surface area (Å²) in [6.07, 6.45) is 7.51. The van der Waals surface area contributed by atoms with Gasteiger partial charge in [-0.25, -0.2) is 0 Å². The number of aryl methyl sites for hydroxylation is 2. The van der Waals surface area contributed by atoms with Crippen molar-refractivity contribution in [3.63, 3.8) is 0 Å². The molecule has 1 aromatic rings. The molecule has 0 aliphatic rings. The molecule has 1 aromatic heterocycles. The van der Waals surface area contributed by atoms with Crippen LogP contribution in [0.2, 0.25) is 0 Å². The minimum Gasteiger partial charge on any atom is -0.313 e. The summed E-state index contributed by atoms with van der Waals surface area (Å²) in [6.45, 7) is 2.52. The van der Waals surface area contributed by atoms with Gasteiger partial charge in [-0.05, 0) is 34.5 Å². The highest BCUT2D eigenvalue weighted by Gasteiger charge is 2.00. The normalized spacial score (nSPS) is 9.62. The third kappa shape index (κ3) is 2.46. The van der Waals surface area contributed by atoms with E-state index in [1.54, 1.807) is 10.6 Å². The molecule has 68 valence electrons. The number of aromatic nitrogens is 1. The summed E-state index contributed by atoms with van der Waals surface area (Å²) < 4.78 is 2.21. The van der Waals surface area contributed by atoms with Crippen LogP contribution in [0.4, 0.5) is 0 Å². The quantitative estimate of drug-likeness (QED) is 0.724. The molecular formula is C10H10BrNO. The molecule has 0 amide bonds. The number of nitrogens with zero attached hydrogens (tertiary/aromatic N) is 1. The van der Waals surface area contributed by atoms with Crippen LogP contribution in [0, 0.1) is 19.3 Å². The number of pyridine rings is 1. The van der Waals surface area contributed by atoms with Crippen LogP contribution in [0.15, 0.2) is 21.5 Å². The van der Waals surface area contributed by atoms with Crippen molar-refractivity contribution < 1.29 is 0 Å². The van der Waals surface area contributed by atoms with E-state index >= 15 is 0 Å². The van der Waals surface area contributed by atoms with Crippen LogP contribution in [0.25, 0.3) is 0 Å². The lowest BCUT2D eigenvalue weighted by Gasteiger charge is -2.04. The van der Waals surface area contributed by atoms with Crippen LogP contribution in [-0.2, 0) is 6.54 Å². The Morgan fingerprint density at radius 2 is 2.38 bits per heavy atom. The summed E-state index contributed by atoms with van der Waals surface area (Å²) >= 11 is 3.20. The van der Waals surface area contributed by atoms with Crippen molar-refractivity contribution in [3.05, 3.63) is 32.7 Å². The predicted octanol–water partition coefficient (Wildman–Crippen LogP) is 1.94. The van der Waals surface area contributed by atoms with Crippen LogP contribution >= 0.6 is 15.9 Å². The van der Waals surface area contributed by atoms with Gasteiger partial charge >= 0.3 is 0 Å². The summed E-state index contributed by atoms with van der Waals surface area (Å²) in [5.41, 5.74) is 1.02. The molecular weight excluding hydrogens is 230 g/mol. The highest BCUT2D eigenvalue weighted by molar-refractivity contribution is 9.10. The lowest BCUT2D eigenvalue weighted by atomic mass is 10.3. The van der Waals surface area contributed by atoms with Crippen molar-refractivity contribution in [2.45, 2.75) is 19.9 Å². The van der Waals surface area contributed by atoms with Crippen LogP contribution < -0.4 is 5.56 Å². The van der Waals surface area contributed by atoms with Gasteiger partial charge < -0.3 is 4.57 Å². The maximum atomic E-state index is 11.5. The lowest BCUT2D eigenvalue weighted by Crippen LogP contribution is -2.20. The number of hydrogen-bond donors (Lipinski definition) is 0. The first-order valence-corrected chi connectivity index (χ1v) is 4.74. The summed E-state index contributed by atoms with van der Waals surface area (Å²) in [7, 11) is 0. The average Bonchev–Trinajstić information content (AvgIpc) is 2.09.